The summed E-state index contributed by atoms with van der Waals surface area (Å²) in [4.78, 5) is 12.0. The molecule has 1 aliphatic carbocycles. The SMILES string of the molecule is C[C@@H](Oc1ccc(F)cc1)c1nnc(SCC(=O)NC2CCCC2)n1C. The Balaban J connectivity index is 1.54. The van der Waals surface area contributed by atoms with Crippen molar-refractivity contribution in [2.24, 2.45) is 7.05 Å². The molecule has 8 heteroatoms. The molecule has 1 heterocycles. The Kier molecular flexibility index (Phi) is 6.13. The second kappa shape index (κ2) is 8.53. The van der Waals surface area contributed by atoms with Gasteiger partial charge in [0, 0.05) is 13.1 Å². The number of hydrogen-bond acceptors (Lipinski definition) is 5. The predicted octanol–water partition coefficient (Wildman–Crippen LogP) is 3.25. The maximum Gasteiger partial charge on any atom is 0.230 e. The molecule has 6 nitrogen and oxygen atoms in total. The summed E-state index contributed by atoms with van der Waals surface area (Å²) < 4.78 is 20.6. The molecule has 3 rings (SSSR count). The van der Waals surface area contributed by atoms with Crippen molar-refractivity contribution in [3.8, 4) is 5.75 Å². The van der Waals surface area contributed by atoms with Gasteiger partial charge in [-0.1, -0.05) is 24.6 Å². The molecule has 0 spiro atoms. The van der Waals surface area contributed by atoms with Crippen LogP contribution in [-0.2, 0) is 11.8 Å². The van der Waals surface area contributed by atoms with E-state index >= 15 is 0 Å². The number of ether oxygens (including phenoxy) is 1. The van der Waals surface area contributed by atoms with Gasteiger partial charge in [0.1, 0.15) is 11.6 Å². The van der Waals surface area contributed by atoms with Crippen molar-refractivity contribution in [1.29, 1.82) is 0 Å². The van der Waals surface area contributed by atoms with Gasteiger partial charge in [-0.25, -0.2) is 4.39 Å². The van der Waals surface area contributed by atoms with E-state index in [0.717, 1.165) is 12.8 Å². The number of amides is 1. The lowest BCUT2D eigenvalue weighted by atomic mass is 10.2. The molecule has 0 radical (unpaired) electrons. The Bertz CT molecular complexity index is 744. The highest BCUT2D eigenvalue weighted by Gasteiger charge is 2.20. The zero-order chi connectivity index (χ0) is 18.5. The van der Waals surface area contributed by atoms with Crippen molar-refractivity contribution < 1.29 is 13.9 Å². The van der Waals surface area contributed by atoms with Crippen molar-refractivity contribution in [1.82, 2.24) is 20.1 Å². The molecule has 140 valence electrons. The molecule has 0 bridgehead atoms. The first-order valence-corrected chi connectivity index (χ1v) is 9.75. The van der Waals surface area contributed by atoms with Crippen LogP contribution in [-0.4, -0.2) is 32.5 Å². The minimum Gasteiger partial charge on any atom is -0.483 e. The van der Waals surface area contributed by atoms with Crippen molar-refractivity contribution in [3.63, 3.8) is 0 Å². The molecular formula is C18H23FN4O2S. The highest BCUT2D eigenvalue weighted by molar-refractivity contribution is 7.99. The molecule has 0 aliphatic heterocycles. The maximum absolute atomic E-state index is 13.0. The molecule has 1 saturated carbocycles. The van der Waals surface area contributed by atoms with Gasteiger partial charge >= 0.3 is 0 Å². The van der Waals surface area contributed by atoms with Gasteiger partial charge in [-0.15, -0.1) is 10.2 Å². The van der Waals surface area contributed by atoms with E-state index in [1.54, 1.807) is 12.1 Å². The first-order valence-electron chi connectivity index (χ1n) is 8.76. The minimum absolute atomic E-state index is 0.0297. The lowest BCUT2D eigenvalue weighted by Gasteiger charge is -2.14. The largest absolute Gasteiger partial charge is 0.483 e. The molecule has 0 unspecified atom stereocenters. The molecule has 1 atom stereocenters. The number of nitrogens with zero attached hydrogens (tertiary/aromatic N) is 3. The number of carbonyl (C=O) groups is 1. The molecule has 26 heavy (non-hydrogen) atoms. The number of nitrogens with one attached hydrogen (secondary N) is 1. The summed E-state index contributed by atoms with van der Waals surface area (Å²) in [5, 5.41) is 12.1. The van der Waals surface area contributed by atoms with Crippen LogP contribution in [0.2, 0.25) is 0 Å². The maximum atomic E-state index is 13.0. The smallest absolute Gasteiger partial charge is 0.230 e. The molecule has 1 aromatic carbocycles. The van der Waals surface area contributed by atoms with Gasteiger partial charge in [0.15, 0.2) is 17.1 Å². The van der Waals surface area contributed by atoms with Crippen LogP contribution < -0.4 is 10.1 Å². The first kappa shape index (κ1) is 18.7. The van der Waals surface area contributed by atoms with Crippen LogP contribution in [0, 0.1) is 5.82 Å². The van der Waals surface area contributed by atoms with Gasteiger partial charge in [0.2, 0.25) is 5.91 Å². The second-order valence-corrected chi connectivity index (χ2v) is 7.39. The Morgan fingerprint density at radius 3 is 2.73 bits per heavy atom. The zero-order valence-electron chi connectivity index (χ0n) is 14.9. The first-order chi connectivity index (χ1) is 12.5. The minimum atomic E-state index is -0.348. The fraction of sp³-hybridized carbons (Fsp3) is 0.500. The van der Waals surface area contributed by atoms with E-state index in [4.69, 9.17) is 4.74 Å². The van der Waals surface area contributed by atoms with Crippen LogP contribution in [0.25, 0.3) is 0 Å². The lowest BCUT2D eigenvalue weighted by Crippen LogP contribution is -2.33. The van der Waals surface area contributed by atoms with Crippen molar-refractivity contribution in [2.45, 2.75) is 49.9 Å². The molecule has 2 aromatic rings. The Morgan fingerprint density at radius 1 is 1.35 bits per heavy atom. The average Bonchev–Trinajstić information content (AvgIpc) is 3.25. The predicted molar refractivity (Wildman–Crippen MR) is 97.6 cm³/mol. The normalized spacial score (nSPS) is 15.8. The highest BCUT2D eigenvalue weighted by Crippen LogP contribution is 2.24. The Morgan fingerprint density at radius 2 is 2.04 bits per heavy atom. The summed E-state index contributed by atoms with van der Waals surface area (Å²) in [6.07, 6.45) is 4.18. The van der Waals surface area contributed by atoms with Crippen LogP contribution in [0.5, 0.6) is 5.75 Å². The fourth-order valence-electron chi connectivity index (χ4n) is 3.05. The summed E-state index contributed by atoms with van der Waals surface area (Å²) in [7, 11) is 1.84. The number of rotatable bonds is 7. The monoisotopic (exact) mass is 378 g/mol. The van der Waals surface area contributed by atoms with Gasteiger partial charge in [-0.05, 0) is 44.0 Å². The lowest BCUT2D eigenvalue weighted by molar-refractivity contribution is -0.119. The van der Waals surface area contributed by atoms with Crippen molar-refractivity contribution in [2.75, 3.05) is 5.75 Å². The van der Waals surface area contributed by atoms with Gasteiger partial charge in [-0.3, -0.25) is 4.79 Å². The molecule has 1 N–H and O–H groups in total. The van der Waals surface area contributed by atoms with E-state index in [1.165, 1.54) is 36.7 Å². The molecular weight excluding hydrogens is 355 g/mol. The van der Waals surface area contributed by atoms with Gasteiger partial charge < -0.3 is 14.6 Å². The summed E-state index contributed by atoms with van der Waals surface area (Å²) in [5.41, 5.74) is 0. The van der Waals surface area contributed by atoms with E-state index in [9.17, 15) is 9.18 Å². The summed E-state index contributed by atoms with van der Waals surface area (Å²) in [6.45, 7) is 1.86. The quantitative estimate of drug-likeness (QED) is 0.749. The third kappa shape index (κ3) is 4.75. The fourth-order valence-corrected chi connectivity index (χ4v) is 3.77. The number of aromatic nitrogens is 3. The van der Waals surface area contributed by atoms with Gasteiger partial charge in [0.05, 0.1) is 5.75 Å². The van der Waals surface area contributed by atoms with E-state index in [0.29, 0.717) is 28.5 Å². The topological polar surface area (TPSA) is 69.0 Å². The Labute approximate surface area is 156 Å². The summed E-state index contributed by atoms with van der Waals surface area (Å²) in [5.74, 6) is 1.25. The standard InChI is InChI=1S/C18H23FN4O2S/c1-12(25-15-9-7-13(19)8-10-15)17-21-22-18(23(17)2)26-11-16(24)20-14-5-3-4-6-14/h7-10,12,14H,3-6,11H2,1-2H3,(H,20,24)/t12-/m1/s1. The summed E-state index contributed by atoms with van der Waals surface area (Å²) >= 11 is 1.36. The molecule has 0 saturated heterocycles. The van der Waals surface area contributed by atoms with E-state index < -0.39 is 0 Å². The number of thioether (sulfide) groups is 1. The highest BCUT2D eigenvalue weighted by atomic mass is 32.2. The van der Waals surface area contributed by atoms with Crippen molar-refractivity contribution in [3.05, 3.63) is 35.9 Å². The molecule has 1 aromatic heterocycles. The van der Waals surface area contributed by atoms with E-state index in [2.05, 4.69) is 15.5 Å². The third-order valence-electron chi connectivity index (χ3n) is 4.41. The molecule has 1 fully saturated rings. The zero-order valence-corrected chi connectivity index (χ0v) is 15.8. The number of hydrogen-bond donors (Lipinski definition) is 1. The van der Waals surface area contributed by atoms with Crippen LogP contribution >= 0.6 is 11.8 Å². The van der Waals surface area contributed by atoms with E-state index in [1.807, 2.05) is 18.5 Å². The second-order valence-electron chi connectivity index (χ2n) is 6.45. The van der Waals surface area contributed by atoms with Gasteiger partial charge in [0.25, 0.3) is 0 Å². The van der Waals surface area contributed by atoms with Crippen LogP contribution in [0.3, 0.4) is 0 Å². The summed E-state index contributed by atoms with van der Waals surface area (Å²) in [6, 6.07) is 6.17. The van der Waals surface area contributed by atoms with Crippen LogP contribution in [0.1, 0.15) is 44.5 Å². The average molecular weight is 378 g/mol. The molecule has 1 aliphatic rings. The van der Waals surface area contributed by atoms with Crippen LogP contribution in [0.15, 0.2) is 29.4 Å². The van der Waals surface area contributed by atoms with Crippen LogP contribution in [0.4, 0.5) is 4.39 Å². The number of benzene rings is 1. The van der Waals surface area contributed by atoms with Gasteiger partial charge in [-0.2, -0.15) is 0 Å². The number of halogens is 1. The molecule has 1 amide bonds. The van der Waals surface area contributed by atoms with E-state index in [-0.39, 0.29) is 17.8 Å². The third-order valence-corrected chi connectivity index (χ3v) is 5.43. The Hall–Kier alpha value is -2.09. The number of carbonyl (C=O) groups excluding carboxylic acids is 1. The van der Waals surface area contributed by atoms with Crippen molar-refractivity contribution >= 4 is 17.7 Å².